The van der Waals surface area contributed by atoms with E-state index in [1.165, 1.54) is 11.3 Å². The highest BCUT2D eigenvalue weighted by molar-refractivity contribution is 7.11. The highest BCUT2D eigenvalue weighted by Gasteiger charge is 2.22. The molecule has 140 valence electrons. The second-order valence-corrected chi connectivity index (χ2v) is 7.04. The molecule has 1 aromatic heterocycles. The van der Waals surface area contributed by atoms with Gasteiger partial charge in [-0.05, 0) is 24.8 Å². The van der Waals surface area contributed by atoms with Gasteiger partial charge in [0.2, 0.25) is 5.01 Å². The molecule has 0 saturated heterocycles. The van der Waals surface area contributed by atoms with Crippen LogP contribution in [0.1, 0.15) is 54.3 Å². The number of thiazole rings is 1. The SMILES string of the molecule is CCOC(=O)c1nc([C@H](CC(C)C)NC(=O)OCc2ccccc2)cs1. The van der Waals surface area contributed by atoms with Crippen molar-refractivity contribution < 1.29 is 19.1 Å². The zero-order chi connectivity index (χ0) is 18.9. The monoisotopic (exact) mass is 376 g/mol. The minimum absolute atomic E-state index is 0.201. The van der Waals surface area contributed by atoms with Crippen molar-refractivity contribution in [3.05, 3.63) is 52.0 Å². The van der Waals surface area contributed by atoms with Crippen LogP contribution in [-0.2, 0) is 16.1 Å². The number of carbonyl (C=O) groups is 2. The van der Waals surface area contributed by atoms with Gasteiger partial charge in [-0.15, -0.1) is 11.3 Å². The first-order chi connectivity index (χ1) is 12.5. The van der Waals surface area contributed by atoms with E-state index in [-0.39, 0.29) is 17.7 Å². The molecule has 0 radical (unpaired) electrons. The number of aromatic nitrogens is 1. The maximum absolute atomic E-state index is 12.2. The van der Waals surface area contributed by atoms with Gasteiger partial charge in [0.1, 0.15) is 6.61 Å². The van der Waals surface area contributed by atoms with Gasteiger partial charge < -0.3 is 14.8 Å². The number of ether oxygens (including phenoxy) is 2. The molecule has 0 unspecified atom stereocenters. The third-order valence-electron chi connectivity index (χ3n) is 3.54. The van der Waals surface area contributed by atoms with Crippen molar-refractivity contribution in [1.29, 1.82) is 0 Å². The molecule has 2 rings (SSSR count). The molecular weight excluding hydrogens is 352 g/mol. The average molecular weight is 376 g/mol. The maximum Gasteiger partial charge on any atom is 0.408 e. The number of carbonyl (C=O) groups excluding carboxylic acids is 2. The zero-order valence-corrected chi connectivity index (χ0v) is 16.0. The molecule has 1 heterocycles. The highest BCUT2D eigenvalue weighted by atomic mass is 32.1. The normalized spacial score (nSPS) is 11.8. The summed E-state index contributed by atoms with van der Waals surface area (Å²) >= 11 is 1.21. The molecule has 2 aromatic rings. The number of benzene rings is 1. The van der Waals surface area contributed by atoms with Crippen LogP contribution in [0.5, 0.6) is 0 Å². The van der Waals surface area contributed by atoms with Gasteiger partial charge in [-0.2, -0.15) is 0 Å². The first-order valence-electron chi connectivity index (χ1n) is 8.59. The van der Waals surface area contributed by atoms with Gasteiger partial charge in [0.25, 0.3) is 0 Å². The maximum atomic E-state index is 12.2. The molecule has 0 aliphatic carbocycles. The Bertz CT molecular complexity index is 715. The average Bonchev–Trinajstić information content (AvgIpc) is 3.10. The van der Waals surface area contributed by atoms with Crippen LogP contribution in [0.15, 0.2) is 35.7 Å². The number of rotatable bonds is 8. The van der Waals surface area contributed by atoms with Crippen LogP contribution in [0.4, 0.5) is 4.79 Å². The Hall–Kier alpha value is -2.41. The summed E-state index contributed by atoms with van der Waals surface area (Å²) in [6.45, 7) is 6.36. The second kappa shape index (κ2) is 9.91. The first kappa shape index (κ1) is 19.9. The van der Waals surface area contributed by atoms with Gasteiger partial charge >= 0.3 is 12.1 Å². The van der Waals surface area contributed by atoms with Crippen LogP contribution in [0.2, 0.25) is 0 Å². The van der Waals surface area contributed by atoms with Crippen LogP contribution in [-0.4, -0.2) is 23.7 Å². The van der Waals surface area contributed by atoms with E-state index in [0.29, 0.717) is 24.6 Å². The Balaban J connectivity index is 2.00. The summed E-state index contributed by atoms with van der Waals surface area (Å²) in [4.78, 5) is 28.3. The van der Waals surface area contributed by atoms with Crippen molar-refractivity contribution in [3.8, 4) is 0 Å². The number of hydrogen-bond donors (Lipinski definition) is 1. The van der Waals surface area contributed by atoms with Crippen LogP contribution in [0, 0.1) is 5.92 Å². The largest absolute Gasteiger partial charge is 0.461 e. The molecule has 6 nitrogen and oxygen atoms in total. The Morgan fingerprint density at radius 1 is 1.19 bits per heavy atom. The molecule has 1 N–H and O–H groups in total. The second-order valence-electron chi connectivity index (χ2n) is 6.19. The summed E-state index contributed by atoms with van der Waals surface area (Å²) < 4.78 is 10.3. The van der Waals surface area contributed by atoms with Crippen molar-refractivity contribution in [2.45, 2.75) is 39.8 Å². The van der Waals surface area contributed by atoms with E-state index in [2.05, 4.69) is 24.1 Å². The summed E-state index contributed by atoms with van der Waals surface area (Å²) in [6.07, 6.45) is 0.178. The van der Waals surface area contributed by atoms with E-state index in [9.17, 15) is 9.59 Å². The van der Waals surface area contributed by atoms with E-state index in [1.54, 1.807) is 12.3 Å². The minimum Gasteiger partial charge on any atom is -0.461 e. The van der Waals surface area contributed by atoms with Gasteiger partial charge in [-0.3, -0.25) is 0 Å². The van der Waals surface area contributed by atoms with E-state index >= 15 is 0 Å². The van der Waals surface area contributed by atoms with Gasteiger partial charge in [0, 0.05) is 5.38 Å². The molecule has 1 aromatic carbocycles. The van der Waals surface area contributed by atoms with E-state index in [4.69, 9.17) is 9.47 Å². The van der Waals surface area contributed by atoms with Crippen molar-refractivity contribution >= 4 is 23.4 Å². The molecule has 0 aliphatic heterocycles. The van der Waals surface area contributed by atoms with E-state index in [1.807, 2.05) is 30.3 Å². The van der Waals surface area contributed by atoms with Gasteiger partial charge in [-0.25, -0.2) is 14.6 Å². The summed E-state index contributed by atoms with van der Waals surface area (Å²) in [6, 6.07) is 9.16. The molecule has 0 spiro atoms. The van der Waals surface area contributed by atoms with Crippen molar-refractivity contribution in [2.24, 2.45) is 5.92 Å². The van der Waals surface area contributed by atoms with Gasteiger partial charge in [-0.1, -0.05) is 44.2 Å². The van der Waals surface area contributed by atoms with Gasteiger partial charge in [0.15, 0.2) is 0 Å². The fraction of sp³-hybridized carbons (Fsp3) is 0.421. The molecule has 7 heteroatoms. The smallest absolute Gasteiger partial charge is 0.408 e. The van der Waals surface area contributed by atoms with E-state index in [0.717, 1.165) is 5.56 Å². The molecule has 0 saturated carbocycles. The molecular formula is C19H24N2O4S. The summed E-state index contributed by atoms with van der Waals surface area (Å²) in [7, 11) is 0. The number of nitrogens with zero attached hydrogens (tertiary/aromatic N) is 1. The molecule has 1 atom stereocenters. The Labute approximate surface area is 157 Å². The number of nitrogens with one attached hydrogen (secondary N) is 1. The number of alkyl carbamates (subject to hydrolysis) is 1. The molecule has 0 aliphatic rings. The number of amides is 1. The molecule has 0 bridgehead atoms. The number of hydrogen-bond acceptors (Lipinski definition) is 6. The molecule has 1 amide bonds. The standard InChI is InChI=1S/C19H24N2O4S/c1-4-24-18(22)17-20-16(12-26-17)15(10-13(2)3)21-19(23)25-11-14-8-6-5-7-9-14/h5-9,12-13,15H,4,10-11H2,1-3H3,(H,21,23)/t15-/m0/s1. The van der Waals surface area contributed by atoms with Crippen molar-refractivity contribution in [1.82, 2.24) is 10.3 Å². The summed E-state index contributed by atoms with van der Waals surface area (Å²) in [5.74, 6) is -0.110. The van der Waals surface area contributed by atoms with Crippen LogP contribution in [0.3, 0.4) is 0 Å². The third kappa shape index (κ3) is 6.15. The predicted molar refractivity (Wildman–Crippen MR) is 100 cm³/mol. The highest BCUT2D eigenvalue weighted by Crippen LogP contribution is 2.24. The Morgan fingerprint density at radius 2 is 1.92 bits per heavy atom. The van der Waals surface area contributed by atoms with Crippen molar-refractivity contribution in [3.63, 3.8) is 0 Å². The van der Waals surface area contributed by atoms with E-state index < -0.39 is 12.1 Å². The fourth-order valence-electron chi connectivity index (χ4n) is 2.36. The Kier molecular flexibility index (Phi) is 7.59. The van der Waals surface area contributed by atoms with Gasteiger partial charge in [0.05, 0.1) is 18.3 Å². The predicted octanol–water partition coefficient (Wildman–Crippen LogP) is 4.33. The zero-order valence-electron chi connectivity index (χ0n) is 15.2. The topological polar surface area (TPSA) is 77.5 Å². The lowest BCUT2D eigenvalue weighted by molar-refractivity contribution is 0.0525. The molecule has 0 fully saturated rings. The summed E-state index contributed by atoms with van der Waals surface area (Å²) in [5.41, 5.74) is 1.56. The third-order valence-corrected chi connectivity index (χ3v) is 4.38. The van der Waals surface area contributed by atoms with Crippen LogP contribution in [0.25, 0.3) is 0 Å². The summed E-state index contributed by atoms with van der Waals surface area (Å²) in [5, 5.41) is 4.91. The quantitative estimate of drug-likeness (QED) is 0.694. The van der Waals surface area contributed by atoms with Crippen LogP contribution >= 0.6 is 11.3 Å². The lowest BCUT2D eigenvalue weighted by atomic mass is 10.0. The fourth-order valence-corrected chi connectivity index (χ4v) is 3.13. The lowest BCUT2D eigenvalue weighted by Crippen LogP contribution is -2.30. The number of esters is 1. The minimum atomic E-state index is -0.509. The van der Waals surface area contributed by atoms with Crippen LogP contribution < -0.4 is 5.32 Å². The first-order valence-corrected chi connectivity index (χ1v) is 9.47. The lowest BCUT2D eigenvalue weighted by Gasteiger charge is -2.18. The van der Waals surface area contributed by atoms with Crippen molar-refractivity contribution in [2.75, 3.05) is 6.61 Å². The Morgan fingerprint density at radius 3 is 2.58 bits per heavy atom. The molecule has 26 heavy (non-hydrogen) atoms.